The van der Waals surface area contributed by atoms with Gasteiger partial charge in [0.2, 0.25) is 0 Å². The molecule has 2 aromatic rings. The van der Waals surface area contributed by atoms with Crippen LogP contribution in [0.25, 0.3) is 0 Å². The second-order valence-corrected chi connectivity index (χ2v) is 5.26. The first-order valence-electron chi connectivity index (χ1n) is 7.28. The van der Waals surface area contributed by atoms with Gasteiger partial charge in [0.25, 0.3) is 0 Å². The van der Waals surface area contributed by atoms with E-state index < -0.39 is 24.0 Å². The van der Waals surface area contributed by atoms with Crippen molar-refractivity contribution in [3.05, 3.63) is 54.0 Å². The van der Waals surface area contributed by atoms with Crippen molar-refractivity contribution in [2.75, 3.05) is 5.32 Å². The van der Waals surface area contributed by atoms with Crippen LogP contribution in [-0.2, 0) is 22.4 Å². The summed E-state index contributed by atoms with van der Waals surface area (Å²) in [4.78, 5) is 30.4. The third-order valence-electron chi connectivity index (χ3n) is 3.36. The highest BCUT2D eigenvalue weighted by molar-refractivity contribution is 5.77. The molecular weight excluding hydrogens is 312 g/mol. The fourth-order valence-corrected chi connectivity index (χ4v) is 2.08. The Kier molecular flexibility index (Phi) is 5.80. The molecule has 8 heteroatoms. The molecule has 126 valence electrons. The molecule has 0 amide bonds. The number of hydrogen-bond donors (Lipinski definition) is 4. The standard InChI is InChI=1S/C16H18N4O4/c17-12(15(21)22)7-10-4-5-14(19-9-10)20-13(16(23)24)8-11-3-1-2-6-18-11/h1-6,9,12-13H,7-8,17H2,(H,19,20)(H,21,22)(H,23,24)/t12-,13-/m0/s1. The van der Waals surface area contributed by atoms with Gasteiger partial charge in [0.05, 0.1) is 0 Å². The van der Waals surface area contributed by atoms with Crippen LogP contribution < -0.4 is 11.1 Å². The molecule has 2 aromatic heterocycles. The minimum absolute atomic E-state index is 0.152. The summed E-state index contributed by atoms with van der Waals surface area (Å²) in [6.45, 7) is 0. The van der Waals surface area contributed by atoms with Crippen molar-refractivity contribution in [2.45, 2.75) is 24.9 Å². The average molecular weight is 330 g/mol. The number of carboxylic acid groups (broad SMARTS) is 2. The Morgan fingerprint density at radius 1 is 1.08 bits per heavy atom. The Morgan fingerprint density at radius 3 is 2.42 bits per heavy atom. The molecule has 0 radical (unpaired) electrons. The van der Waals surface area contributed by atoms with Crippen LogP contribution in [0.4, 0.5) is 5.82 Å². The van der Waals surface area contributed by atoms with Crippen LogP contribution in [0.3, 0.4) is 0 Å². The van der Waals surface area contributed by atoms with Gasteiger partial charge < -0.3 is 21.3 Å². The zero-order valence-electron chi connectivity index (χ0n) is 12.8. The minimum Gasteiger partial charge on any atom is -0.480 e. The second-order valence-electron chi connectivity index (χ2n) is 5.26. The molecule has 0 saturated heterocycles. The third-order valence-corrected chi connectivity index (χ3v) is 3.36. The highest BCUT2D eigenvalue weighted by Gasteiger charge is 2.19. The van der Waals surface area contributed by atoms with Gasteiger partial charge >= 0.3 is 11.9 Å². The van der Waals surface area contributed by atoms with Crippen LogP contribution in [0, 0.1) is 0 Å². The van der Waals surface area contributed by atoms with Crippen molar-refractivity contribution in [1.82, 2.24) is 9.97 Å². The topological polar surface area (TPSA) is 138 Å². The summed E-state index contributed by atoms with van der Waals surface area (Å²) in [6, 6.07) is 6.69. The first-order chi connectivity index (χ1) is 11.5. The lowest BCUT2D eigenvalue weighted by molar-refractivity contribution is -0.139. The number of carbonyl (C=O) groups is 2. The monoisotopic (exact) mass is 330 g/mol. The maximum absolute atomic E-state index is 11.4. The van der Waals surface area contributed by atoms with Crippen LogP contribution in [0.2, 0.25) is 0 Å². The summed E-state index contributed by atoms with van der Waals surface area (Å²) in [7, 11) is 0. The number of hydrogen-bond acceptors (Lipinski definition) is 6. The Hall–Kier alpha value is -3.00. The van der Waals surface area contributed by atoms with Gasteiger partial charge in [0, 0.05) is 24.5 Å². The van der Waals surface area contributed by atoms with Crippen molar-refractivity contribution in [3.8, 4) is 0 Å². The first-order valence-corrected chi connectivity index (χ1v) is 7.28. The van der Waals surface area contributed by atoms with Crippen molar-refractivity contribution in [3.63, 3.8) is 0 Å². The molecule has 0 aliphatic carbocycles. The molecule has 0 fully saturated rings. The van der Waals surface area contributed by atoms with E-state index in [1.807, 2.05) is 0 Å². The number of aliphatic carboxylic acids is 2. The fraction of sp³-hybridized carbons (Fsp3) is 0.250. The maximum Gasteiger partial charge on any atom is 0.326 e. The van der Waals surface area contributed by atoms with Gasteiger partial charge in [0.15, 0.2) is 0 Å². The number of rotatable bonds is 8. The van der Waals surface area contributed by atoms with E-state index in [0.29, 0.717) is 17.1 Å². The molecule has 0 unspecified atom stereocenters. The number of nitrogens with one attached hydrogen (secondary N) is 1. The Balaban J connectivity index is 2.02. The van der Waals surface area contributed by atoms with Gasteiger partial charge in [-0.05, 0) is 30.2 Å². The predicted molar refractivity (Wildman–Crippen MR) is 86.5 cm³/mol. The summed E-state index contributed by atoms with van der Waals surface area (Å²) in [5, 5.41) is 21.0. The van der Waals surface area contributed by atoms with E-state index in [0.717, 1.165) is 0 Å². The average Bonchev–Trinajstić information content (AvgIpc) is 2.56. The smallest absolute Gasteiger partial charge is 0.326 e. The number of pyridine rings is 2. The Morgan fingerprint density at radius 2 is 1.88 bits per heavy atom. The van der Waals surface area contributed by atoms with Crippen LogP contribution >= 0.6 is 0 Å². The highest BCUT2D eigenvalue weighted by Crippen LogP contribution is 2.10. The largest absolute Gasteiger partial charge is 0.480 e. The fourth-order valence-electron chi connectivity index (χ4n) is 2.08. The molecule has 2 heterocycles. The van der Waals surface area contributed by atoms with Crippen molar-refractivity contribution >= 4 is 17.8 Å². The quantitative estimate of drug-likeness (QED) is 0.550. The number of anilines is 1. The van der Waals surface area contributed by atoms with E-state index in [1.54, 1.807) is 36.5 Å². The summed E-state index contributed by atoms with van der Waals surface area (Å²) in [5.41, 5.74) is 6.78. The van der Waals surface area contributed by atoms with E-state index in [4.69, 9.17) is 10.8 Å². The lowest BCUT2D eigenvalue weighted by Gasteiger charge is -2.15. The zero-order valence-corrected chi connectivity index (χ0v) is 12.8. The Labute approximate surface area is 138 Å². The molecule has 0 aliphatic heterocycles. The number of nitrogens with zero attached hydrogens (tertiary/aromatic N) is 2. The number of aromatic nitrogens is 2. The Bertz CT molecular complexity index is 691. The summed E-state index contributed by atoms with van der Waals surface area (Å²) >= 11 is 0. The first kappa shape index (κ1) is 17.4. The lowest BCUT2D eigenvalue weighted by atomic mass is 10.1. The van der Waals surface area contributed by atoms with Gasteiger partial charge in [-0.25, -0.2) is 9.78 Å². The van der Waals surface area contributed by atoms with Gasteiger partial charge in [-0.2, -0.15) is 0 Å². The van der Waals surface area contributed by atoms with Crippen LogP contribution in [0.5, 0.6) is 0 Å². The minimum atomic E-state index is -1.08. The van der Waals surface area contributed by atoms with Gasteiger partial charge in [0.1, 0.15) is 17.9 Å². The molecule has 8 nitrogen and oxygen atoms in total. The van der Waals surface area contributed by atoms with E-state index in [-0.39, 0.29) is 12.8 Å². The van der Waals surface area contributed by atoms with Crippen LogP contribution in [0.15, 0.2) is 42.7 Å². The molecule has 0 bridgehead atoms. The van der Waals surface area contributed by atoms with Gasteiger partial charge in [-0.3, -0.25) is 9.78 Å². The molecule has 0 saturated carbocycles. The van der Waals surface area contributed by atoms with Crippen molar-refractivity contribution in [1.29, 1.82) is 0 Å². The third kappa shape index (κ3) is 5.03. The highest BCUT2D eigenvalue weighted by atomic mass is 16.4. The molecule has 5 N–H and O–H groups in total. The van der Waals surface area contributed by atoms with E-state index >= 15 is 0 Å². The van der Waals surface area contributed by atoms with Gasteiger partial charge in [-0.1, -0.05) is 12.1 Å². The second kappa shape index (κ2) is 8.02. The normalized spacial score (nSPS) is 13.0. The van der Waals surface area contributed by atoms with Crippen LogP contribution in [-0.4, -0.2) is 44.2 Å². The lowest BCUT2D eigenvalue weighted by Crippen LogP contribution is -2.33. The SMILES string of the molecule is N[C@@H](Cc1ccc(N[C@@H](Cc2ccccn2)C(=O)O)nc1)C(=O)O. The van der Waals surface area contributed by atoms with Crippen molar-refractivity contribution < 1.29 is 19.8 Å². The van der Waals surface area contributed by atoms with Crippen LogP contribution in [0.1, 0.15) is 11.3 Å². The molecule has 0 spiro atoms. The van der Waals surface area contributed by atoms with E-state index in [2.05, 4.69) is 15.3 Å². The molecule has 24 heavy (non-hydrogen) atoms. The molecule has 0 aliphatic rings. The van der Waals surface area contributed by atoms with Gasteiger partial charge in [-0.15, -0.1) is 0 Å². The maximum atomic E-state index is 11.4. The van der Waals surface area contributed by atoms with Crippen molar-refractivity contribution in [2.24, 2.45) is 5.73 Å². The number of nitrogens with two attached hydrogens (primary N) is 1. The zero-order chi connectivity index (χ0) is 17.5. The molecule has 2 rings (SSSR count). The summed E-state index contributed by atoms with van der Waals surface area (Å²) in [6.07, 6.45) is 3.44. The predicted octanol–water partition coefficient (Wildman–Crippen LogP) is 0.539. The van der Waals surface area contributed by atoms with E-state index in [1.165, 1.54) is 6.20 Å². The molecule has 2 atom stereocenters. The molecular formula is C16H18N4O4. The van der Waals surface area contributed by atoms with E-state index in [9.17, 15) is 14.7 Å². The molecule has 0 aromatic carbocycles. The summed E-state index contributed by atoms with van der Waals surface area (Å²) < 4.78 is 0. The summed E-state index contributed by atoms with van der Waals surface area (Å²) in [5.74, 6) is -1.72. The number of carboxylic acids is 2.